The topological polar surface area (TPSA) is 107 Å². The Labute approximate surface area is 246 Å². The monoisotopic (exact) mass is 563 g/mol. The Bertz CT molecular complexity index is 1150. The molecule has 0 saturated heterocycles. The van der Waals surface area contributed by atoms with Crippen LogP contribution < -0.4 is 15.5 Å². The van der Waals surface area contributed by atoms with Gasteiger partial charge < -0.3 is 15.4 Å². The molecule has 2 amide bonds. The van der Waals surface area contributed by atoms with Crippen LogP contribution in [0, 0.1) is 17.2 Å². The van der Waals surface area contributed by atoms with Crippen molar-refractivity contribution >= 4 is 18.1 Å². The van der Waals surface area contributed by atoms with Crippen LogP contribution in [0.15, 0.2) is 41.3 Å². The summed E-state index contributed by atoms with van der Waals surface area (Å²) in [5, 5.41) is 15.9. The number of urea groups is 1. The fraction of sp³-hybridized carbons (Fsp3) is 0.576. The van der Waals surface area contributed by atoms with Gasteiger partial charge in [0.15, 0.2) is 6.29 Å². The molecule has 224 valence electrons. The van der Waals surface area contributed by atoms with Crippen LogP contribution in [-0.4, -0.2) is 44.1 Å². The number of anilines is 1. The van der Waals surface area contributed by atoms with Crippen molar-refractivity contribution in [2.45, 2.75) is 91.9 Å². The molecule has 0 spiro atoms. The summed E-state index contributed by atoms with van der Waals surface area (Å²) in [6, 6.07) is 4.05. The van der Waals surface area contributed by atoms with Gasteiger partial charge in [-0.2, -0.15) is 5.26 Å². The van der Waals surface area contributed by atoms with Gasteiger partial charge in [0, 0.05) is 25.9 Å². The number of rotatable bonds is 16. The summed E-state index contributed by atoms with van der Waals surface area (Å²) in [4.78, 5) is 32.1. The van der Waals surface area contributed by atoms with Crippen molar-refractivity contribution in [1.82, 2.24) is 15.6 Å². The molecule has 2 N–H and O–H groups in total. The van der Waals surface area contributed by atoms with Crippen LogP contribution in [0.5, 0.6) is 0 Å². The number of fused-ring (bicyclic) bond motifs is 1. The van der Waals surface area contributed by atoms with Crippen molar-refractivity contribution in [2.75, 3.05) is 31.7 Å². The second-order valence-electron chi connectivity index (χ2n) is 10.8. The van der Waals surface area contributed by atoms with Crippen molar-refractivity contribution in [1.29, 1.82) is 5.26 Å². The maximum absolute atomic E-state index is 13.5. The highest BCUT2D eigenvalue weighted by molar-refractivity contribution is 5.94. The molecule has 1 aromatic heterocycles. The third-order valence-electron chi connectivity index (χ3n) is 7.58. The van der Waals surface area contributed by atoms with Gasteiger partial charge in [-0.05, 0) is 80.2 Å². The highest BCUT2D eigenvalue weighted by atomic mass is 16.5. The molecule has 41 heavy (non-hydrogen) atoms. The number of aryl methyl sites for hydroxylation is 1. The molecule has 1 aromatic rings. The largest absolute Gasteiger partial charge is 0.383 e. The number of nitrogens with one attached hydrogen (secondary N) is 2. The number of hydrogen-bond acceptors (Lipinski definition) is 6. The highest BCUT2D eigenvalue weighted by Crippen LogP contribution is 2.35. The quantitative estimate of drug-likeness (QED) is 0.0975. The summed E-state index contributed by atoms with van der Waals surface area (Å²) in [5.41, 5.74) is 4.13. The first-order valence-corrected chi connectivity index (χ1v) is 15.1. The molecule has 0 aromatic carbocycles. The lowest BCUT2D eigenvalue weighted by molar-refractivity contribution is 0.111. The SMILES string of the molecule is CC/C=C/C(C#N)=C(\C=C(/C)NC(=O)N1CCCc2cc(C(CCC)CCC(C)CC)c(C=O)nc21)NCCOC. The van der Waals surface area contributed by atoms with Crippen LogP contribution in [0.1, 0.15) is 107 Å². The van der Waals surface area contributed by atoms with Crippen LogP contribution in [-0.2, 0) is 11.2 Å². The molecule has 0 fully saturated rings. The van der Waals surface area contributed by atoms with Gasteiger partial charge in [0.05, 0.1) is 17.9 Å². The minimum Gasteiger partial charge on any atom is -0.383 e. The number of carbonyl (C=O) groups excluding carboxylic acids is 2. The van der Waals surface area contributed by atoms with Gasteiger partial charge in [0.25, 0.3) is 0 Å². The van der Waals surface area contributed by atoms with Crippen LogP contribution in [0.25, 0.3) is 0 Å². The summed E-state index contributed by atoms with van der Waals surface area (Å²) in [6.07, 6.45) is 14.1. The molecule has 2 heterocycles. The van der Waals surface area contributed by atoms with Gasteiger partial charge in [-0.3, -0.25) is 9.69 Å². The summed E-state index contributed by atoms with van der Waals surface area (Å²) in [6.45, 7) is 12.0. The van der Waals surface area contributed by atoms with E-state index in [2.05, 4.69) is 43.5 Å². The predicted octanol–water partition coefficient (Wildman–Crippen LogP) is 6.95. The molecule has 0 aliphatic carbocycles. The fourth-order valence-corrected chi connectivity index (χ4v) is 5.06. The van der Waals surface area contributed by atoms with E-state index in [1.165, 1.54) is 0 Å². The van der Waals surface area contributed by atoms with Crippen molar-refractivity contribution in [2.24, 2.45) is 5.92 Å². The maximum Gasteiger partial charge on any atom is 0.327 e. The van der Waals surface area contributed by atoms with E-state index in [9.17, 15) is 14.9 Å². The van der Waals surface area contributed by atoms with E-state index < -0.39 is 0 Å². The molecule has 0 bridgehead atoms. The average Bonchev–Trinajstić information content (AvgIpc) is 2.98. The Balaban J connectivity index is 2.36. The molecule has 8 nitrogen and oxygen atoms in total. The number of aromatic nitrogens is 1. The van der Waals surface area contributed by atoms with E-state index in [1.54, 1.807) is 31.1 Å². The van der Waals surface area contributed by atoms with E-state index in [-0.39, 0.29) is 11.9 Å². The summed E-state index contributed by atoms with van der Waals surface area (Å²) < 4.78 is 5.14. The second kappa shape index (κ2) is 18.1. The minimum atomic E-state index is -0.308. The number of nitriles is 1. The molecule has 1 aliphatic heterocycles. The number of allylic oxidation sites excluding steroid dienone is 5. The Morgan fingerprint density at radius 1 is 1.27 bits per heavy atom. The van der Waals surface area contributed by atoms with Gasteiger partial charge in [-0.25, -0.2) is 9.78 Å². The smallest absolute Gasteiger partial charge is 0.327 e. The van der Waals surface area contributed by atoms with Crippen molar-refractivity contribution in [3.63, 3.8) is 0 Å². The van der Waals surface area contributed by atoms with E-state index in [0.717, 1.165) is 68.8 Å². The molecule has 2 atom stereocenters. The molecule has 1 aliphatic rings. The first-order valence-electron chi connectivity index (χ1n) is 15.1. The third kappa shape index (κ3) is 10.2. The number of hydrogen-bond donors (Lipinski definition) is 2. The molecular weight excluding hydrogens is 514 g/mol. The zero-order valence-electron chi connectivity index (χ0n) is 25.9. The summed E-state index contributed by atoms with van der Waals surface area (Å²) in [7, 11) is 1.62. The van der Waals surface area contributed by atoms with Crippen LogP contribution in [0.2, 0.25) is 0 Å². The van der Waals surface area contributed by atoms with Gasteiger partial charge in [0.1, 0.15) is 17.6 Å². The molecule has 2 rings (SSSR count). The number of nitrogens with zero attached hydrogens (tertiary/aromatic N) is 3. The van der Waals surface area contributed by atoms with Crippen molar-refractivity contribution in [3.05, 3.63) is 58.1 Å². The Morgan fingerprint density at radius 2 is 2.05 bits per heavy atom. The lowest BCUT2D eigenvalue weighted by Gasteiger charge is -2.30. The summed E-state index contributed by atoms with van der Waals surface area (Å²) in [5.74, 6) is 1.49. The molecule has 0 radical (unpaired) electrons. The molecular formula is C33H49N5O3. The normalized spacial score (nSPS) is 15.5. The van der Waals surface area contributed by atoms with Gasteiger partial charge in [-0.15, -0.1) is 0 Å². The zero-order chi connectivity index (χ0) is 30.2. The fourth-order valence-electron chi connectivity index (χ4n) is 5.06. The number of pyridine rings is 1. The van der Waals surface area contributed by atoms with Gasteiger partial charge in [-0.1, -0.05) is 53.0 Å². The number of amides is 2. The number of ether oxygens (including phenoxy) is 1. The Hall–Kier alpha value is -3.44. The van der Waals surface area contributed by atoms with Gasteiger partial charge >= 0.3 is 6.03 Å². The van der Waals surface area contributed by atoms with E-state index in [1.807, 2.05) is 13.0 Å². The Morgan fingerprint density at radius 3 is 2.68 bits per heavy atom. The predicted molar refractivity (Wildman–Crippen MR) is 166 cm³/mol. The van der Waals surface area contributed by atoms with E-state index in [4.69, 9.17) is 9.72 Å². The average molecular weight is 564 g/mol. The minimum absolute atomic E-state index is 0.285. The molecule has 8 heteroatoms. The first kappa shape index (κ1) is 33.8. The van der Waals surface area contributed by atoms with E-state index >= 15 is 0 Å². The van der Waals surface area contributed by atoms with Crippen LogP contribution in [0.4, 0.5) is 10.6 Å². The first-order chi connectivity index (χ1) is 19.8. The number of aldehydes is 1. The van der Waals surface area contributed by atoms with Gasteiger partial charge in [0.2, 0.25) is 0 Å². The van der Waals surface area contributed by atoms with Crippen molar-refractivity contribution < 1.29 is 14.3 Å². The lowest BCUT2D eigenvalue weighted by atomic mass is 9.85. The highest BCUT2D eigenvalue weighted by Gasteiger charge is 2.27. The maximum atomic E-state index is 13.5. The number of carbonyl (C=O) groups is 2. The zero-order valence-corrected chi connectivity index (χ0v) is 25.9. The van der Waals surface area contributed by atoms with E-state index in [0.29, 0.717) is 54.1 Å². The molecule has 0 saturated carbocycles. The Kier molecular flexibility index (Phi) is 14.9. The second-order valence-corrected chi connectivity index (χ2v) is 10.8. The standard InChI is InChI=1S/C33H49N5O3/c1-7-10-13-28(22-34)30(35-17-19-41-6)20-25(5)36-33(40)38-18-11-14-27-21-29(31(23-39)37-32(27)38)26(12-8-2)16-15-24(4)9-3/h10,13,20-21,23-24,26,35H,7-9,11-12,14-19H2,1-6H3,(H,36,40)/b13-10+,25-20+,30-28-. The summed E-state index contributed by atoms with van der Waals surface area (Å²) >= 11 is 0. The third-order valence-corrected chi connectivity index (χ3v) is 7.58. The van der Waals surface area contributed by atoms with Crippen LogP contribution in [0.3, 0.4) is 0 Å². The van der Waals surface area contributed by atoms with Crippen molar-refractivity contribution in [3.8, 4) is 6.07 Å². The lowest BCUT2D eigenvalue weighted by Crippen LogP contribution is -2.43. The number of methoxy groups -OCH3 is 1. The molecule has 2 unspecified atom stereocenters. The van der Waals surface area contributed by atoms with Crippen LogP contribution >= 0.6 is 0 Å².